The number of nitrogens with zero attached hydrogens (tertiary/aromatic N) is 1. The molecule has 0 aliphatic heterocycles. The topological polar surface area (TPSA) is 58.6 Å². The molecule has 0 aliphatic rings. The van der Waals surface area contributed by atoms with Crippen LogP contribution in [0.15, 0.2) is 53.4 Å². The highest BCUT2D eigenvalue weighted by Crippen LogP contribution is 2.26. The Kier molecular flexibility index (Phi) is 7.81. The fourth-order valence-corrected chi connectivity index (χ4v) is 3.23. The van der Waals surface area contributed by atoms with Gasteiger partial charge < -0.3 is 15.0 Å². The quantitative estimate of drug-likeness (QED) is 0.542. The van der Waals surface area contributed by atoms with E-state index < -0.39 is 5.97 Å². The summed E-state index contributed by atoms with van der Waals surface area (Å²) in [6.07, 6.45) is 0.209. The summed E-state index contributed by atoms with van der Waals surface area (Å²) in [6, 6.07) is 14.8. The number of thioether (sulfide) groups is 1. The summed E-state index contributed by atoms with van der Waals surface area (Å²) in [5, 5.41) is 3.35. The van der Waals surface area contributed by atoms with Crippen molar-refractivity contribution < 1.29 is 14.3 Å². The van der Waals surface area contributed by atoms with Gasteiger partial charge in [0, 0.05) is 36.1 Å². The maximum atomic E-state index is 11.9. The third-order valence-corrected chi connectivity index (χ3v) is 4.95. The lowest BCUT2D eigenvalue weighted by atomic mass is 10.2. The molecule has 1 amide bonds. The minimum absolute atomic E-state index is 0.209. The van der Waals surface area contributed by atoms with Gasteiger partial charge >= 0.3 is 5.97 Å². The first-order valence-electron chi connectivity index (χ1n) is 8.06. The molecule has 0 atom stereocenters. The summed E-state index contributed by atoms with van der Waals surface area (Å²) < 4.78 is 5.00. The van der Waals surface area contributed by atoms with Gasteiger partial charge in [0.1, 0.15) is 0 Å². The van der Waals surface area contributed by atoms with Crippen molar-refractivity contribution in [2.45, 2.75) is 11.3 Å². The van der Waals surface area contributed by atoms with Gasteiger partial charge in [0.05, 0.1) is 11.4 Å². The largest absolute Gasteiger partial charge is 0.456 e. The molecule has 2 aromatic rings. The van der Waals surface area contributed by atoms with Crippen LogP contribution in [0.25, 0.3) is 0 Å². The van der Waals surface area contributed by atoms with Gasteiger partial charge in [-0.3, -0.25) is 9.59 Å². The first kappa shape index (κ1) is 20.1. The first-order chi connectivity index (χ1) is 12.5. The number of esters is 1. The van der Waals surface area contributed by atoms with Gasteiger partial charge in [-0.05, 0) is 36.4 Å². The number of hydrogen-bond acceptors (Lipinski definition) is 5. The van der Waals surface area contributed by atoms with Gasteiger partial charge in [-0.2, -0.15) is 0 Å². The van der Waals surface area contributed by atoms with Gasteiger partial charge in [-0.1, -0.05) is 23.7 Å². The van der Waals surface area contributed by atoms with E-state index in [4.69, 9.17) is 16.3 Å². The normalized spacial score (nSPS) is 10.3. The molecule has 0 fully saturated rings. The highest BCUT2D eigenvalue weighted by atomic mass is 35.5. The van der Waals surface area contributed by atoms with Crippen LogP contribution in [0, 0.1) is 0 Å². The predicted molar refractivity (Wildman–Crippen MR) is 107 cm³/mol. The van der Waals surface area contributed by atoms with Gasteiger partial charge in [0.15, 0.2) is 6.61 Å². The molecular weight excluding hydrogens is 372 g/mol. The van der Waals surface area contributed by atoms with Crippen LogP contribution in [0.3, 0.4) is 0 Å². The van der Waals surface area contributed by atoms with Crippen molar-refractivity contribution >= 4 is 46.6 Å². The molecule has 0 spiro atoms. The van der Waals surface area contributed by atoms with Crippen LogP contribution in [-0.4, -0.2) is 38.3 Å². The monoisotopic (exact) mass is 392 g/mol. The van der Waals surface area contributed by atoms with Crippen molar-refractivity contribution in [3.63, 3.8) is 0 Å². The van der Waals surface area contributed by atoms with E-state index in [-0.39, 0.29) is 18.9 Å². The van der Waals surface area contributed by atoms with Gasteiger partial charge in [0.2, 0.25) is 0 Å². The second-order valence-corrected chi connectivity index (χ2v) is 7.22. The Morgan fingerprint density at radius 2 is 1.81 bits per heavy atom. The summed E-state index contributed by atoms with van der Waals surface area (Å²) in [4.78, 5) is 26.5. The Labute approximate surface area is 162 Å². The highest BCUT2D eigenvalue weighted by molar-refractivity contribution is 7.99. The Bertz CT molecular complexity index is 751. The number of nitrogens with one attached hydrogen (secondary N) is 1. The van der Waals surface area contributed by atoms with Crippen LogP contribution in [0.5, 0.6) is 0 Å². The predicted octanol–water partition coefficient (Wildman–Crippen LogP) is 4.07. The number of hydrogen-bond donors (Lipinski definition) is 1. The van der Waals surface area contributed by atoms with Crippen molar-refractivity contribution in [3.8, 4) is 0 Å². The fourth-order valence-electron chi connectivity index (χ4n) is 2.06. The number of carbonyl (C=O) groups excluding carboxylic acids is 2. The Balaban J connectivity index is 1.68. The zero-order valence-electron chi connectivity index (χ0n) is 14.7. The number of anilines is 2. The standard InChI is InChI=1S/C19H21ClN2O3S/c1-22(2)15-9-7-14(8-10-15)21-18(23)13-25-19(24)11-12-26-17-6-4-3-5-16(17)20/h3-10H,11-13H2,1-2H3,(H,21,23). The zero-order valence-corrected chi connectivity index (χ0v) is 16.3. The van der Waals surface area contributed by atoms with E-state index in [0.717, 1.165) is 10.6 Å². The van der Waals surface area contributed by atoms with Crippen molar-refractivity contribution in [2.24, 2.45) is 0 Å². The number of amides is 1. The SMILES string of the molecule is CN(C)c1ccc(NC(=O)COC(=O)CCSc2ccccc2Cl)cc1. The molecule has 0 unspecified atom stereocenters. The average molecular weight is 393 g/mol. The molecular formula is C19H21ClN2O3S. The third-order valence-electron chi connectivity index (χ3n) is 3.43. The maximum absolute atomic E-state index is 11.9. The van der Waals surface area contributed by atoms with E-state index in [1.54, 1.807) is 18.2 Å². The summed E-state index contributed by atoms with van der Waals surface area (Å²) in [5.74, 6) is -0.242. The minimum atomic E-state index is -0.414. The number of halogens is 1. The molecule has 5 nitrogen and oxygen atoms in total. The van der Waals surface area contributed by atoms with Crippen LogP contribution in [0.1, 0.15) is 6.42 Å². The molecule has 138 valence electrons. The van der Waals surface area contributed by atoms with Crippen molar-refractivity contribution in [3.05, 3.63) is 53.6 Å². The second kappa shape index (κ2) is 10.1. The molecule has 2 rings (SSSR count). The Morgan fingerprint density at radius 1 is 1.12 bits per heavy atom. The van der Waals surface area contributed by atoms with Crippen LogP contribution in [0.4, 0.5) is 11.4 Å². The molecule has 0 heterocycles. The summed E-state index contributed by atoms with van der Waals surface area (Å²) in [5.41, 5.74) is 1.69. The van der Waals surface area contributed by atoms with E-state index in [2.05, 4.69) is 5.32 Å². The molecule has 1 N–H and O–H groups in total. The number of ether oxygens (including phenoxy) is 1. The van der Waals surface area contributed by atoms with Crippen molar-refractivity contribution in [2.75, 3.05) is 36.7 Å². The van der Waals surface area contributed by atoms with Gasteiger partial charge in [-0.25, -0.2) is 0 Å². The smallest absolute Gasteiger partial charge is 0.307 e. The van der Waals surface area contributed by atoms with E-state index in [1.807, 2.05) is 49.3 Å². The lowest BCUT2D eigenvalue weighted by Crippen LogP contribution is -2.21. The summed E-state index contributed by atoms with van der Waals surface area (Å²) in [6.45, 7) is -0.301. The number of benzene rings is 2. The van der Waals surface area contributed by atoms with E-state index >= 15 is 0 Å². The molecule has 0 radical (unpaired) electrons. The molecule has 0 saturated heterocycles. The molecule has 2 aromatic carbocycles. The van der Waals surface area contributed by atoms with Crippen LogP contribution >= 0.6 is 23.4 Å². The van der Waals surface area contributed by atoms with Gasteiger partial charge in [0.25, 0.3) is 5.91 Å². The Hall–Kier alpha value is -2.18. The van der Waals surface area contributed by atoms with Crippen LogP contribution in [-0.2, 0) is 14.3 Å². The van der Waals surface area contributed by atoms with E-state index in [0.29, 0.717) is 16.5 Å². The second-order valence-electron chi connectivity index (χ2n) is 5.68. The summed E-state index contributed by atoms with van der Waals surface area (Å²) >= 11 is 7.53. The van der Waals surface area contributed by atoms with Crippen LogP contribution in [0.2, 0.25) is 5.02 Å². The molecule has 0 bridgehead atoms. The zero-order chi connectivity index (χ0) is 18.9. The number of carbonyl (C=O) groups is 2. The van der Waals surface area contributed by atoms with Crippen molar-refractivity contribution in [1.82, 2.24) is 0 Å². The molecule has 7 heteroatoms. The molecule has 26 heavy (non-hydrogen) atoms. The van der Waals surface area contributed by atoms with E-state index in [1.165, 1.54) is 11.8 Å². The Morgan fingerprint density at radius 3 is 2.46 bits per heavy atom. The molecule has 0 aromatic heterocycles. The van der Waals surface area contributed by atoms with E-state index in [9.17, 15) is 9.59 Å². The van der Waals surface area contributed by atoms with Gasteiger partial charge in [-0.15, -0.1) is 11.8 Å². The van der Waals surface area contributed by atoms with Crippen molar-refractivity contribution in [1.29, 1.82) is 0 Å². The lowest BCUT2D eigenvalue weighted by Gasteiger charge is -2.13. The van der Waals surface area contributed by atoms with Crippen LogP contribution < -0.4 is 10.2 Å². The third kappa shape index (κ3) is 6.61. The summed E-state index contributed by atoms with van der Waals surface area (Å²) in [7, 11) is 3.88. The minimum Gasteiger partial charge on any atom is -0.456 e. The average Bonchev–Trinajstić information content (AvgIpc) is 2.62. The maximum Gasteiger partial charge on any atom is 0.307 e. The lowest BCUT2D eigenvalue weighted by molar-refractivity contribution is -0.146. The molecule has 0 aliphatic carbocycles. The number of rotatable bonds is 8. The molecule has 0 saturated carbocycles. The fraction of sp³-hybridized carbons (Fsp3) is 0.263. The highest BCUT2D eigenvalue weighted by Gasteiger charge is 2.09. The first-order valence-corrected chi connectivity index (χ1v) is 9.42.